The van der Waals surface area contributed by atoms with Crippen molar-refractivity contribution < 1.29 is 19.1 Å². The van der Waals surface area contributed by atoms with Crippen molar-refractivity contribution in [3.8, 4) is 11.1 Å². The van der Waals surface area contributed by atoms with Crippen LogP contribution in [0.25, 0.3) is 16.6 Å². The zero-order valence-corrected chi connectivity index (χ0v) is 18.2. The number of anilines is 1. The molecule has 0 bridgehead atoms. The predicted molar refractivity (Wildman–Crippen MR) is 118 cm³/mol. The minimum Gasteiger partial charge on any atom is -0.380 e. The predicted octanol–water partition coefficient (Wildman–Crippen LogP) is 1.05. The summed E-state index contributed by atoms with van der Waals surface area (Å²) in [4.78, 5) is 26.3. The van der Waals surface area contributed by atoms with Crippen LogP contribution in [0.3, 0.4) is 0 Å². The summed E-state index contributed by atoms with van der Waals surface area (Å²) in [5.74, 6) is -1.51. The third-order valence-electron chi connectivity index (χ3n) is 6.57. The second kappa shape index (κ2) is 7.84. The van der Waals surface area contributed by atoms with Crippen LogP contribution in [0.1, 0.15) is 30.1 Å². The summed E-state index contributed by atoms with van der Waals surface area (Å²) in [6, 6.07) is 1.42. The number of nitrogens with one attached hydrogen (secondary N) is 1. The zero-order valence-electron chi connectivity index (χ0n) is 18.2. The van der Waals surface area contributed by atoms with E-state index in [0.717, 1.165) is 17.7 Å². The number of carbonyl (C=O) groups excluding carboxylic acids is 2. The molecule has 0 aromatic carbocycles. The first-order valence-electron chi connectivity index (χ1n) is 11.0. The Hall–Kier alpha value is -3.47. The summed E-state index contributed by atoms with van der Waals surface area (Å²) in [6.07, 6.45) is 7.73. The van der Waals surface area contributed by atoms with E-state index in [2.05, 4.69) is 15.5 Å². The van der Waals surface area contributed by atoms with Gasteiger partial charge in [0, 0.05) is 49.1 Å². The van der Waals surface area contributed by atoms with Crippen molar-refractivity contribution in [3.05, 3.63) is 36.4 Å². The SMILES string of the molecule is CCn1cc(-c2cc3c(N[C@@H]4CN(C(=O)C5(O)CC5)C[C@@H]4CF)c(C(N)=O)cnn3c2)cn1. The van der Waals surface area contributed by atoms with E-state index >= 15 is 0 Å². The van der Waals surface area contributed by atoms with E-state index < -0.39 is 30.1 Å². The second-order valence-corrected chi connectivity index (χ2v) is 8.85. The number of alkyl halides is 1. The first kappa shape index (κ1) is 21.4. The molecule has 0 spiro atoms. The van der Waals surface area contributed by atoms with Crippen LogP contribution in [0.15, 0.2) is 30.9 Å². The molecule has 2 amide bonds. The number of aromatic nitrogens is 4. The molecule has 0 radical (unpaired) electrons. The lowest BCUT2D eigenvalue weighted by molar-refractivity contribution is -0.141. The Labute approximate surface area is 189 Å². The minimum atomic E-state index is -1.31. The molecule has 1 aliphatic heterocycles. The number of hydrogen-bond donors (Lipinski definition) is 3. The number of halogens is 1. The Bertz CT molecular complexity index is 1230. The summed E-state index contributed by atoms with van der Waals surface area (Å²) in [5.41, 5.74) is 7.28. The molecule has 11 heteroatoms. The van der Waals surface area contributed by atoms with Gasteiger partial charge in [0.05, 0.1) is 41.9 Å². The van der Waals surface area contributed by atoms with Crippen molar-refractivity contribution in [3.63, 3.8) is 0 Å². The Kier molecular flexibility index (Phi) is 5.08. The molecule has 33 heavy (non-hydrogen) atoms. The van der Waals surface area contributed by atoms with Crippen molar-refractivity contribution in [1.82, 2.24) is 24.3 Å². The first-order valence-corrected chi connectivity index (χ1v) is 11.0. The van der Waals surface area contributed by atoms with E-state index in [4.69, 9.17) is 5.73 Å². The topological polar surface area (TPSA) is 131 Å². The maximum absolute atomic E-state index is 13.9. The lowest BCUT2D eigenvalue weighted by Gasteiger charge is -2.21. The van der Waals surface area contributed by atoms with Crippen LogP contribution >= 0.6 is 0 Å². The van der Waals surface area contributed by atoms with Crippen molar-refractivity contribution in [1.29, 1.82) is 0 Å². The highest BCUT2D eigenvalue weighted by atomic mass is 19.1. The van der Waals surface area contributed by atoms with Crippen molar-refractivity contribution in [2.45, 2.75) is 38.0 Å². The molecule has 1 saturated heterocycles. The highest BCUT2D eigenvalue weighted by Gasteiger charge is 2.52. The lowest BCUT2D eigenvalue weighted by Crippen LogP contribution is -2.40. The molecule has 0 unspecified atom stereocenters. The summed E-state index contributed by atoms with van der Waals surface area (Å²) in [7, 11) is 0. The molecular weight excluding hydrogens is 429 g/mol. The number of nitrogens with zero attached hydrogens (tertiary/aromatic N) is 5. The van der Waals surface area contributed by atoms with Gasteiger partial charge in [-0.25, -0.2) is 4.52 Å². The van der Waals surface area contributed by atoms with Gasteiger partial charge in [-0.1, -0.05) is 0 Å². The first-order chi connectivity index (χ1) is 15.8. The molecule has 2 atom stereocenters. The Balaban J connectivity index is 1.49. The van der Waals surface area contributed by atoms with Crippen LogP contribution in [-0.4, -0.2) is 72.6 Å². The number of carbonyl (C=O) groups is 2. The minimum absolute atomic E-state index is 0.180. The van der Waals surface area contributed by atoms with Gasteiger partial charge in [-0.05, 0) is 25.8 Å². The fourth-order valence-electron chi connectivity index (χ4n) is 4.41. The smallest absolute Gasteiger partial charge is 0.254 e. The molecule has 4 N–H and O–H groups in total. The van der Waals surface area contributed by atoms with E-state index in [1.54, 1.807) is 10.7 Å². The molecule has 1 saturated carbocycles. The lowest BCUT2D eigenvalue weighted by atomic mass is 10.0. The van der Waals surface area contributed by atoms with E-state index in [-0.39, 0.29) is 24.6 Å². The number of aryl methyl sites for hydroxylation is 1. The molecule has 3 aromatic rings. The molecule has 10 nitrogen and oxygen atoms in total. The molecule has 2 aliphatic rings. The summed E-state index contributed by atoms with van der Waals surface area (Å²) in [6.45, 7) is 2.51. The molecule has 1 aliphatic carbocycles. The molecule has 3 aromatic heterocycles. The Morgan fingerprint density at radius 1 is 1.24 bits per heavy atom. The van der Waals surface area contributed by atoms with Gasteiger partial charge < -0.3 is 21.1 Å². The molecule has 174 valence electrons. The molecule has 2 fully saturated rings. The van der Waals surface area contributed by atoms with Crippen molar-refractivity contribution in [2.24, 2.45) is 11.7 Å². The van der Waals surface area contributed by atoms with Crippen molar-refractivity contribution in [2.75, 3.05) is 25.1 Å². The number of likely N-dealkylation sites (tertiary alicyclic amines) is 1. The van der Waals surface area contributed by atoms with E-state index in [1.165, 1.54) is 11.1 Å². The second-order valence-electron chi connectivity index (χ2n) is 8.85. The number of fused-ring (bicyclic) bond motifs is 1. The van der Waals surface area contributed by atoms with Crippen LogP contribution in [0.4, 0.5) is 10.1 Å². The van der Waals surface area contributed by atoms with Gasteiger partial charge in [-0.2, -0.15) is 10.2 Å². The quantitative estimate of drug-likeness (QED) is 0.488. The van der Waals surface area contributed by atoms with Gasteiger partial charge >= 0.3 is 0 Å². The highest BCUT2D eigenvalue weighted by molar-refractivity contribution is 6.02. The van der Waals surface area contributed by atoms with E-state index in [1.807, 2.05) is 30.1 Å². The average Bonchev–Trinajstić information content (AvgIpc) is 3.21. The Morgan fingerprint density at radius 2 is 2.03 bits per heavy atom. The van der Waals surface area contributed by atoms with E-state index in [0.29, 0.717) is 24.0 Å². The number of rotatable bonds is 7. The monoisotopic (exact) mass is 455 g/mol. The van der Waals surface area contributed by atoms with Gasteiger partial charge in [-0.3, -0.25) is 18.7 Å². The molecule has 5 rings (SSSR count). The maximum Gasteiger partial charge on any atom is 0.254 e. The molecule has 4 heterocycles. The van der Waals surface area contributed by atoms with Crippen LogP contribution < -0.4 is 11.1 Å². The fourth-order valence-corrected chi connectivity index (χ4v) is 4.41. The summed E-state index contributed by atoms with van der Waals surface area (Å²) < 4.78 is 17.3. The third kappa shape index (κ3) is 3.71. The number of nitrogens with two attached hydrogens (primary N) is 1. The van der Waals surface area contributed by atoms with Crippen LogP contribution in [0, 0.1) is 5.92 Å². The number of hydrogen-bond acceptors (Lipinski definition) is 6. The average molecular weight is 455 g/mol. The molecular formula is C22H26FN7O3. The van der Waals surface area contributed by atoms with Gasteiger partial charge in [0.25, 0.3) is 11.8 Å². The number of aliphatic hydroxyl groups is 1. The van der Waals surface area contributed by atoms with Gasteiger partial charge in [0.2, 0.25) is 0 Å². The maximum atomic E-state index is 13.9. The summed E-state index contributed by atoms with van der Waals surface area (Å²) >= 11 is 0. The van der Waals surface area contributed by atoms with Crippen molar-refractivity contribution >= 4 is 23.0 Å². The fraction of sp³-hybridized carbons (Fsp3) is 0.455. The largest absolute Gasteiger partial charge is 0.380 e. The standard InChI is InChI=1S/C22H26FN7O3/c1-2-29-10-15(7-25-29)13-5-18-19(16(20(24)31)8-26-30(18)11-13)27-17-12-28(9-14(17)6-23)21(32)22(33)3-4-22/h5,7-8,10-11,14,17,27,33H,2-4,6,9,12H2,1H3,(H2,24,31)/t14-,17+/m0/s1. The van der Waals surface area contributed by atoms with Crippen LogP contribution in [-0.2, 0) is 11.3 Å². The number of primary amides is 1. The highest BCUT2D eigenvalue weighted by Crippen LogP contribution is 2.39. The normalized spacial score (nSPS) is 21.5. The summed E-state index contributed by atoms with van der Waals surface area (Å²) in [5, 5.41) is 22.1. The van der Waals surface area contributed by atoms with Crippen LogP contribution in [0.5, 0.6) is 0 Å². The van der Waals surface area contributed by atoms with Crippen LogP contribution in [0.2, 0.25) is 0 Å². The zero-order chi connectivity index (χ0) is 23.3. The Morgan fingerprint density at radius 3 is 2.67 bits per heavy atom. The van der Waals surface area contributed by atoms with Gasteiger partial charge in [-0.15, -0.1) is 0 Å². The third-order valence-corrected chi connectivity index (χ3v) is 6.57. The van der Waals surface area contributed by atoms with E-state index in [9.17, 15) is 19.1 Å². The van der Waals surface area contributed by atoms with Gasteiger partial charge in [0.1, 0.15) is 5.60 Å². The van der Waals surface area contributed by atoms with Gasteiger partial charge in [0.15, 0.2) is 0 Å². The number of amides is 2.